The lowest BCUT2D eigenvalue weighted by Crippen LogP contribution is -2.30. The van der Waals surface area contributed by atoms with Crippen LogP contribution in [0, 0.1) is 0 Å². The Morgan fingerprint density at radius 3 is 2.64 bits per heavy atom. The third-order valence-electron chi connectivity index (χ3n) is 6.09. The zero-order chi connectivity index (χ0) is 22.8. The molecule has 2 N–H and O–H groups in total. The molecule has 168 valence electrons. The van der Waals surface area contributed by atoms with Gasteiger partial charge in [-0.3, -0.25) is 9.36 Å². The van der Waals surface area contributed by atoms with Crippen molar-refractivity contribution in [1.29, 1.82) is 0 Å². The van der Waals surface area contributed by atoms with E-state index in [1.54, 1.807) is 0 Å². The molecule has 1 aliphatic rings. The van der Waals surface area contributed by atoms with Gasteiger partial charge in [-0.1, -0.05) is 36.4 Å². The SMILES string of the molecule is CC(C)NC(=O)c1cccc2c1ccn2-c1nc2c(c(NCc3ccccc3)n1)CCCC2. The van der Waals surface area contributed by atoms with E-state index in [0.717, 1.165) is 54.6 Å². The van der Waals surface area contributed by atoms with Crippen molar-refractivity contribution in [2.24, 2.45) is 0 Å². The molecular weight excluding hydrogens is 410 g/mol. The van der Waals surface area contributed by atoms with Gasteiger partial charge >= 0.3 is 0 Å². The summed E-state index contributed by atoms with van der Waals surface area (Å²) in [6.45, 7) is 4.65. The molecule has 0 fully saturated rings. The molecule has 6 nitrogen and oxygen atoms in total. The maximum atomic E-state index is 12.7. The second-order valence-electron chi connectivity index (χ2n) is 8.90. The summed E-state index contributed by atoms with van der Waals surface area (Å²) in [4.78, 5) is 22.6. The van der Waals surface area contributed by atoms with Gasteiger partial charge in [0, 0.05) is 35.3 Å². The number of anilines is 1. The largest absolute Gasteiger partial charge is 0.366 e. The smallest absolute Gasteiger partial charge is 0.252 e. The number of nitrogens with one attached hydrogen (secondary N) is 2. The summed E-state index contributed by atoms with van der Waals surface area (Å²) in [6.07, 6.45) is 6.23. The maximum absolute atomic E-state index is 12.7. The number of aryl methyl sites for hydroxylation is 1. The van der Waals surface area contributed by atoms with Crippen LogP contribution in [0.5, 0.6) is 0 Å². The lowest BCUT2D eigenvalue weighted by Gasteiger charge is -2.20. The van der Waals surface area contributed by atoms with E-state index in [9.17, 15) is 4.79 Å². The topological polar surface area (TPSA) is 71.8 Å². The van der Waals surface area contributed by atoms with Crippen molar-refractivity contribution in [3.63, 3.8) is 0 Å². The predicted molar refractivity (Wildman–Crippen MR) is 132 cm³/mol. The number of aromatic nitrogens is 3. The third kappa shape index (κ3) is 4.33. The fourth-order valence-corrected chi connectivity index (χ4v) is 4.50. The molecule has 1 amide bonds. The zero-order valence-electron chi connectivity index (χ0n) is 19.1. The van der Waals surface area contributed by atoms with Crippen molar-refractivity contribution in [3.05, 3.63) is 83.2 Å². The number of hydrogen-bond acceptors (Lipinski definition) is 4. The van der Waals surface area contributed by atoms with E-state index in [1.807, 2.05) is 54.9 Å². The zero-order valence-corrected chi connectivity index (χ0v) is 19.1. The lowest BCUT2D eigenvalue weighted by atomic mass is 9.96. The van der Waals surface area contributed by atoms with Gasteiger partial charge in [0.15, 0.2) is 0 Å². The van der Waals surface area contributed by atoms with Crippen molar-refractivity contribution < 1.29 is 4.79 Å². The standard InChI is InChI=1S/C27H29N5O/c1-18(2)29-26(33)21-12-8-14-24-20(21)15-16-32(24)27-30-23-13-7-6-11-22(23)25(31-27)28-17-19-9-4-3-5-10-19/h3-5,8-10,12,14-16,18H,6-7,11,13,17H2,1-2H3,(H,29,33)(H,28,30,31). The first-order valence-electron chi connectivity index (χ1n) is 11.7. The Bertz CT molecular complexity index is 1290. The van der Waals surface area contributed by atoms with E-state index >= 15 is 0 Å². The van der Waals surface area contributed by atoms with Gasteiger partial charge in [0.25, 0.3) is 5.91 Å². The molecule has 6 heteroatoms. The van der Waals surface area contributed by atoms with Crippen molar-refractivity contribution in [3.8, 4) is 5.95 Å². The first-order chi connectivity index (χ1) is 16.1. The molecule has 0 bridgehead atoms. The minimum atomic E-state index is -0.0649. The highest BCUT2D eigenvalue weighted by molar-refractivity contribution is 6.06. The third-order valence-corrected chi connectivity index (χ3v) is 6.09. The number of carbonyl (C=O) groups is 1. The van der Waals surface area contributed by atoms with Crippen LogP contribution in [0.3, 0.4) is 0 Å². The van der Waals surface area contributed by atoms with E-state index in [0.29, 0.717) is 11.5 Å². The average molecular weight is 440 g/mol. The van der Waals surface area contributed by atoms with Crippen molar-refractivity contribution in [2.75, 3.05) is 5.32 Å². The highest BCUT2D eigenvalue weighted by atomic mass is 16.1. The average Bonchev–Trinajstić information content (AvgIpc) is 3.27. The van der Waals surface area contributed by atoms with E-state index in [-0.39, 0.29) is 11.9 Å². The predicted octanol–water partition coefficient (Wildman–Crippen LogP) is 5.05. The fourth-order valence-electron chi connectivity index (χ4n) is 4.50. The number of hydrogen-bond donors (Lipinski definition) is 2. The van der Waals surface area contributed by atoms with Crippen molar-refractivity contribution in [1.82, 2.24) is 19.9 Å². The minimum Gasteiger partial charge on any atom is -0.366 e. The Kier molecular flexibility index (Phi) is 5.82. The van der Waals surface area contributed by atoms with Gasteiger partial charge in [0.2, 0.25) is 5.95 Å². The number of amides is 1. The molecule has 0 radical (unpaired) electrons. The summed E-state index contributed by atoms with van der Waals surface area (Å²) in [7, 11) is 0. The van der Waals surface area contributed by atoms with Crippen LogP contribution in [0.4, 0.5) is 5.82 Å². The normalized spacial score (nSPS) is 13.2. The highest BCUT2D eigenvalue weighted by Gasteiger charge is 2.20. The van der Waals surface area contributed by atoms with Crippen LogP contribution in [0.15, 0.2) is 60.8 Å². The van der Waals surface area contributed by atoms with Crippen molar-refractivity contribution >= 4 is 22.6 Å². The Morgan fingerprint density at radius 1 is 1.00 bits per heavy atom. The van der Waals surface area contributed by atoms with E-state index < -0.39 is 0 Å². The molecule has 0 spiro atoms. The number of fused-ring (bicyclic) bond motifs is 2. The maximum Gasteiger partial charge on any atom is 0.252 e. The second kappa shape index (κ2) is 9.06. The summed E-state index contributed by atoms with van der Waals surface area (Å²) in [5.41, 5.74) is 5.16. The molecule has 0 saturated carbocycles. The Hall–Kier alpha value is -3.67. The Labute approximate surface area is 194 Å². The van der Waals surface area contributed by atoms with Gasteiger partial charge in [0.1, 0.15) is 5.82 Å². The summed E-state index contributed by atoms with van der Waals surface area (Å²) < 4.78 is 1.99. The van der Waals surface area contributed by atoms with Gasteiger partial charge < -0.3 is 10.6 Å². The monoisotopic (exact) mass is 439 g/mol. The lowest BCUT2D eigenvalue weighted by molar-refractivity contribution is 0.0945. The molecule has 2 heterocycles. The van der Waals surface area contributed by atoms with Crippen LogP contribution in [0.1, 0.15) is 53.9 Å². The second-order valence-corrected chi connectivity index (χ2v) is 8.90. The van der Waals surface area contributed by atoms with Gasteiger partial charge in [-0.25, -0.2) is 4.98 Å². The van der Waals surface area contributed by atoms with Crippen LogP contribution in [-0.2, 0) is 19.4 Å². The van der Waals surface area contributed by atoms with Gasteiger partial charge in [0.05, 0.1) is 11.2 Å². The van der Waals surface area contributed by atoms with Crippen LogP contribution in [0.2, 0.25) is 0 Å². The number of nitrogens with zero attached hydrogens (tertiary/aromatic N) is 3. The molecule has 2 aromatic heterocycles. The summed E-state index contributed by atoms with van der Waals surface area (Å²) in [5, 5.41) is 7.45. The van der Waals surface area contributed by atoms with E-state index in [4.69, 9.17) is 9.97 Å². The summed E-state index contributed by atoms with van der Waals surface area (Å²) in [6, 6.07) is 18.2. The summed E-state index contributed by atoms with van der Waals surface area (Å²) in [5.74, 6) is 1.49. The number of benzene rings is 2. The molecule has 0 atom stereocenters. The quantitative estimate of drug-likeness (QED) is 0.441. The van der Waals surface area contributed by atoms with Crippen LogP contribution >= 0.6 is 0 Å². The van der Waals surface area contributed by atoms with Gasteiger partial charge in [-0.15, -0.1) is 0 Å². The number of rotatable bonds is 6. The van der Waals surface area contributed by atoms with Crippen LogP contribution in [0.25, 0.3) is 16.9 Å². The molecule has 1 aliphatic carbocycles. The molecule has 2 aromatic carbocycles. The number of carbonyl (C=O) groups excluding carboxylic acids is 1. The Balaban J connectivity index is 1.54. The van der Waals surface area contributed by atoms with Gasteiger partial charge in [-0.05, 0) is 63.3 Å². The molecule has 33 heavy (non-hydrogen) atoms. The van der Waals surface area contributed by atoms with E-state index in [1.165, 1.54) is 11.1 Å². The Morgan fingerprint density at radius 2 is 1.82 bits per heavy atom. The molecule has 5 rings (SSSR count). The first kappa shape index (κ1) is 21.2. The molecule has 0 aliphatic heterocycles. The molecule has 0 unspecified atom stereocenters. The van der Waals surface area contributed by atoms with E-state index in [2.05, 4.69) is 34.9 Å². The first-order valence-corrected chi connectivity index (χ1v) is 11.7. The fraction of sp³-hybridized carbons (Fsp3) is 0.296. The van der Waals surface area contributed by atoms with Crippen LogP contribution < -0.4 is 10.6 Å². The van der Waals surface area contributed by atoms with Gasteiger partial charge in [-0.2, -0.15) is 4.98 Å². The molecule has 4 aromatic rings. The van der Waals surface area contributed by atoms with Crippen molar-refractivity contribution in [2.45, 2.75) is 52.1 Å². The molecule has 0 saturated heterocycles. The highest BCUT2D eigenvalue weighted by Crippen LogP contribution is 2.29. The minimum absolute atomic E-state index is 0.0649. The van der Waals surface area contributed by atoms with Crippen LogP contribution in [-0.4, -0.2) is 26.5 Å². The molecular formula is C27H29N5O. The summed E-state index contributed by atoms with van der Waals surface area (Å²) >= 11 is 0.